The third-order valence-electron chi connectivity index (χ3n) is 15.9. The molecule has 9 aromatic carbocycles. The van der Waals surface area contributed by atoms with E-state index < -0.39 is 75.5 Å². The fraction of sp³-hybridized carbons (Fsp3) is 0.115. The van der Waals surface area contributed by atoms with Crippen LogP contribution in [-0.2, 0) is 11.8 Å². The average molecular weight is 1440 g/mol. The topological polar surface area (TPSA) is 214 Å². The van der Waals surface area contributed by atoms with Gasteiger partial charge in [0, 0.05) is 12.5 Å². The first-order chi connectivity index (χ1) is 48.5. The van der Waals surface area contributed by atoms with Crippen molar-refractivity contribution in [2.24, 2.45) is 0 Å². The molecule has 1 aliphatic rings. The van der Waals surface area contributed by atoms with E-state index in [2.05, 4.69) is 15.9 Å². The van der Waals surface area contributed by atoms with Gasteiger partial charge in [-0.1, -0.05) is 102 Å². The number of benzene rings is 9. The van der Waals surface area contributed by atoms with Gasteiger partial charge in [0.1, 0.15) is 125 Å². The summed E-state index contributed by atoms with van der Waals surface area (Å²) in [6, 6.07) is 44.9. The molecule has 0 fully saturated rings. The minimum Gasteiger partial charge on any atom is -0.496 e. The van der Waals surface area contributed by atoms with Crippen molar-refractivity contribution >= 4 is 77.9 Å². The summed E-state index contributed by atoms with van der Waals surface area (Å²) >= 11 is 3.32. The predicted octanol–water partition coefficient (Wildman–Crippen LogP) is 17.5. The van der Waals surface area contributed by atoms with Crippen molar-refractivity contribution in [2.75, 3.05) is 14.2 Å². The molecule has 0 aliphatic carbocycles. The van der Waals surface area contributed by atoms with Crippen LogP contribution in [0.15, 0.2) is 231 Å². The highest BCUT2D eigenvalue weighted by atomic mass is 79.9. The van der Waals surface area contributed by atoms with Crippen LogP contribution in [0.3, 0.4) is 0 Å². The number of aldehydes is 1. The average Bonchev–Trinajstić information content (AvgIpc) is 1.74. The minimum absolute atomic E-state index is 0.0197. The van der Waals surface area contributed by atoms with E-state index in [1.807, 2.05) is 6.92 Å². The second-order valence-corrected chi connectivity index (χ2v) is 22.7. The van der Waals surface area contributed by atoms with Crippen LogP contribution in [0.1, 0.15) is 87.0 Å². The number of halogens is 8. The lowest BCUT2D eigenvalue weighted by Gasteiger charge is -2.24. The van der Waals surface area contributed by atoms with Crippen molar-refractivity contribution in [3.05, 3.63) is 315 Å². The number of nitrogens with zero attached hydrogens (tertiary/aromatic N) is 1. The van der Waals surface area contributed by atoms with Gasteiger partial charge < -0.3 is 32.2 Å². The highest BCUT2D eigenvalue weighted by Gasteiger charge is 2.41. The van der Waals surface area contributed by atoms with E-state index in [1.165, 1.54) is 137 Å². The maximum atomic E-state index is 14.5. The molecule has 4 aromatic heterocycles. The van der Waals surface area contributed by atoms with Gasteiger partial charge in [0.25, 0.3) is 11.8 Å². The zero-order chi connectivity index (χ0) is 72.5. The second kappa shape index (κ2) is 31.4. The monoisotopic (exact) mass is 1440 g/mol. The summed E-state index contributed by atoms with van der Waals surface area (Å²) in [5.41, 5.74) is 0.378. The molecule has 14 rings (SSSR count). The maximum absolute atomic E-state index is 14.5. The first kappa shape index (κ1) is 71.9. The van der Waals surface area contributed by atoms with E-state index in [0.29, 0.717) is 63.0 Å². The molecular weight excluding hydrogens is 1390 g/mol. The quantitative estimate of drug-likeness (QED) is 0.0552. The maximum Gasteiger partial charge on any atom is 0.262 e. The number of aryl methyl sites for hydroxylation is 1. The highest BCUT2D eigenvalue weighted by Crippen LogP contribution is 2.38. The molecule has 2 amide bonds. The van der Waals surface area contributed by atoms with Gasteiger partial charge >= 0.3 is 0 Å². The normalized spacial score (nSPS) is 12.1. The van der Waals surface area contributed by atoms with Gasteiger partial charge in [0.05, 0.1) is 59.0 Å². The van der Waals surface area contributed by atoms with E-state index in [1.54, 1.807) is 60.7 Å². The van der Waals surface area contributed by atoms with Gasteiger partial charge in [0.15, 0.2) is 11.7 Å². The number of amides is 2. The molecule has 23 heteroatoms. The lowest BCUT2D eigenvalue weighted by atomic mass is 9.98. The van der Waals surface area contributed by atoms with Crippen molar-refractivity contribution in [1.29, 1.82) is 0 Å². The molecule has 0 bridgehead atoms. The number of alkyl halides is 1. The van der Waals surface area contributed by atoms with Crippen LogP contribution in [0, 0.1) is 40.7 Å². The van der Waals surface area contributed by atoms with Gasteiger partial charge in [-0.3, -0.25) is 38.5 Å². The van der Waals surface area contributed by atoms with Crippen LogP contribution in [-0.4, -0.2) is 42.3 Å². The number of hydrogen-bond donors (Lipinski definition) is 1. The Morgan fingerprint density at radius 3 is 1.33 bits per heavy atom. The zero-order valence-electron chi connectivity index (χ0n) is 53.8. The lowest BCUT2D eigenvalue weighted by Crippen LogP contribution is -2.33. The van der Waals surface area contributed by atoms with E-state index >= 15 is 0 Å². The molecule has 1 N–H and O–H groups in total. The summed E-state index contributed by atoms with van der Waals surface area (Å²) in [7, 11) is 2.89. The van der Waals surface area contributed by atoms with Gasteiger partial charge in [0.2, 0.25) is 16.3 Å². The number of rotatable bonds is 11. The van der Waals surface area contributed by atoms with Crippen LogP contribution in [0.25, 0.3) is 77.3 Å². The Kier molecular flexibility index (Phi) is 22.3. The third kappa shape index (κ3) is 15.0. The molecule has 5 heterocycles. The molecule has 2 atom stereocenters. The van der Waals surface area contributed by atoms with Crippen molar-refractivity contribution in [1.82, 2.24) is 4.90 Å². The molecule has 512 valence electrons. The van der Waals surface area contributed by atoms with Crippen LogP contribution < -0.4 is 31.2 Å². The van der Waals surface area contributed by atoms with Gasteiger partial charge in [-0.25, -0.2) is 30.7 Å². The van der Waals surface area contributed by atoms with Gasteiger partial charge in [-0.05, 0) is 140 Å². The third-order valence-corrected chi connectivity index (χ3v) is 16.4. The summed E-state index contributed by atoms with van der Waals surface area (Å²) < 4.78 is 128. The number of aliphatic hydroxyl groups excluding tert-OH is 1. The first-order valence-corrected chi connectivity index (χ1v) is 31.8. The zero-order valence-corrected chi connectivity index (χ0v) is 55.4. The molecule has 2 unspecified atom stereocenters. The Morgan fingerprint density at radius 1 is 0.465 bits per heavy atom. The molecule has 15 nitrogen and oxygen atoms in total. The van der Waals surface area contributed by atoms with E-state index in [0.717, 1.165) is 29.2 Å². The standard InChI is InChI=1S/C25H15F2NO4.C17H12BrFO3.C17H12F2O3.C11H9FO2.C8H7FO2/c1-13(28-24(30)16-8-2-3-9-17(16)25(28)31)23-20(14-6-4-7-15(26)12-14)22(29)21-18(27)10-5-11-19(21)32-23;1-21-12-6-3-7-13-16(12)17(20)15(14(9-18)22-13)10-4-2-5-11(19)8-10;1-9(20)17-14(10-4-2-5-11(18)8-10)16(21)15-12(19)6-3-7-13(15)22-17;1-2-7-6-9(13)11-8(12)4-3-5-10(11)14-7;1-11-8-4-2-3-7(9)6(8)5-10/h2-13H,1H3;2-8H,9H2,1H3;2-9,20H,1H3;3-6H,2H2,1H3;2-5H,1H3. The molecular formula is C78H55BrF7NO14. The molecule has 0 saturated carbocycles. The number of carbonyl (C=O) groups excluding carboxylic acids is 3. The van der Waals surface area contributed by atoms with Crippen LogP contribution in [0.4, 0.5) is 30.7 Å². The Balaban J connectivity index is 0.000000142. The Bertz CT molecular complexity index is 5580. The van der Waals surface area contributed by atoms with Crippen molar-refractivity contribution in [3.63, 3.8) is 0 Å². The van der Waals surface area contributed by atoms with Gasteiger partial charge in [-0.2, -0.15) is 0 Å². The minimum atomic E-state index is -1.10. The van der Waals surface area contributed by atoms with E-state index in [9.17, 15) is 69.4 Å². The number of ether oxygens (including phenoxy) is 2. The Morgan fingerprint density at radius 2 is 0.871 bits per heavy atom. The SMILES string of the molecule is CC(O)c1oc2cccc(F)c2c(=O)c1-c1cccc(F)c1.CC(c1oc2cccc(F)c2c(=O)c1-c1cccc(F)c1)N1C(=O)c2ccccc2C1=O.CCc1cc(=O)c2c(F)cccc2o1.COc1cccc(F)c1C=O.COc1cccc2oc(CBr)c(-c3cccc(F)c3)c(=O)c12. The molecule has 1 aliphatic heterocycles. The number of aliphatic hydroxyl groups is 1. The summed E-state index contributed by atoms with van der Waals surface area (Å²) in [5, 5.41) is 10.1. The van der Waals surface area contributed by atoms with E-state index in [-0.39, 0.29) is 94.4 Å². The number of carbonyl (C=O) groups is 3. The lowest BCUT2D eigenvalue weighted by molar-refractivity contribution is 0.0578. The van der Waals surface area contributed by atoms with Crippen molar-refractivity contribution in [2.45, 2.75) is 44.7 Å². The first-order valence-electron chi connectivity index (χ1n) is 30.6. The number of methoxy groups -OCH3 is 2. The molecule has 101 heavy (non-hydrogen) atoms. The van der Waals surface area contributed by atoms with Gasteiger partial charge in [-0.15, -0.1) is 0 Å². The molecule has 13 aromatic rings. The van der Waals surface area contributed by atoms with Crippen LogP contribution >= 0.6 is 15.9 Å². The number of imide groups is 1. The van der Waals surface area contributed by atoms with Crippen molar-refractivity contribution < 1.29 is 77.4 Å². The van der Waals surface area contributed by atoms with Crippen LogP contribution in [0.2, 0.25) is 0 Å². The fourth-order valence-corrected chi connectivity index (χ4v) is 11.6. The summed E-state index contributed by atoms with van der Waals surface area (Å²) in [6.45, 7) is 4.84. The molecule has 0 saturated heterocycles. The highest BCUT2D eigenvalue weighted by molar-refractivity contribution is 9.08. The number of fused-ring (bicyclic) bond motifs is 5. The van der Waals surface area contributed by atoms with Crippen molar-refractivity contribution in [3.8, 4) is 44.9 Å². The largest absolute Gasteiger partial charge is 0.496 e. The Labute approximate surface area is 576 Å². The summed E-state index contributed by atoms with van der Waals surface area (Å²) in [5.74, 6) is -3.53. The summed E-state index contributed by atoms with van der Waals surface area (Å²) in [4.78, 5) is 87.7. The molecule has 0 radical (unpaired) electrons. The van der Waals surface area contributed by atoms with Crippen LogP contribution in [0.5, 0.6) is 11.5 Å². The molecule has 0 spiro atoms. The smallest absolute Gasteiger partial charge is 0.262 e. The summed E-state index contributed by atoms with van der Waals surface area (Å²) in [6.07, 6.45) is -0.0331. The predicted molar refractivity (Wildman–Crippen MR) is 369 cm³/mol. The Hall–Kier alpha value is -11.8. The fourth-order valence-electron chi connectivity index (χ4n) is 11.2. The number of hydrogen-bond acceptors (Lipinski definition) is 14. The van der Waals surface area contributed by atoms with E-state index in [4.69, 9.17) is 27.1 Å². The second-order valence-electron chi connectivity index (χ2n) is 22.2.